The van der Waals surface area contributed by atoms with Gasteiger partial charge in [0.2, 0.25) is 5.95 Å². The Bertz CT molecular complexity index is 452. The van der Waals surface area contributed by atoms with E-state index in [1.54, 1.807) is 0 Å². The number of carbonyl (C=O) groups excluding carboxylic acids is 1. The van der Waals surface area contributed by atoms with Crippen LogP contribution >= 0.6 is 0 Å². The molecule has 0 amide bonds. The predicted molar refractivity (Wildman–Crippen MR) is 82.3 cm³/mol. The molecule has 118 valence electrons. The lowest BCUT2D eigenvalue weighted by atomic mass is 10.1. The number of ether oxygens (including phenoxy) is 1. The summed E-state index contributed by atoms with van der Waals surface area (Å²) in [6.45, 7) is 5.68. The number of hydrogen-bond acceptors (Lipinski definition) is 5. The van der Waals surface area contributed by atoms with Crippen molar-refractivity contribution in [2.45, 2.75) is 32.2 Å². The fourth-order valence-corrected chi connectivity index (χ4v) is 2.88. The number of carbonyl (C=O) groups is 1. The highest BCUT2D eigenvalue weighted by molar-refractivity contribution is 5.75. The molecule has 0 spiro atoms. The van der Waals surface area contributed by atoms with Crippen LogP contribution in [-0.2, 0) is 16.6 Å². The van der Waals surface area contributed by atoms with Gasteiger partial charge in [-0.25, -0.2) is 4.98 Å². The first-order valence-corrected chi connectivity index (χ1v) is 7.71. The Balaban J connectivity index is 1.94. The monoisotopic (exact) mass is 294 g/mol. The van der Waals surface area contributed by atoms with E-state index in [0.29, 0.717) is 0 Å². The minimum atomic E-state index is -0.103. The normalized spacial score (nSPS) is 17.8. The number of imidazole rings is 1. The maximum absolute atomic E-state index is 12.0. The second-order valence-electron chi connectivity index (χ2n) is 5.54. The van der Waals surface area contributed by atoms with Gasteiger partial charge < -0.3 is 14.2 Å². The van der Waals surface area contributed by atoms with Crippen molar-refractivity contribution in [2.75, 3.05) is 38.2 Å². The molecule has 21 heavy (non-hydrogen) atoms. The van der Waals surface area contributed by atoms with E-state index in [-0.39, 0.29) is 12.0 Å². The molecule has 1 aromatic rings. The Morgan fingerprint density at radius 3 is 2.62 bits per heavy atom. The predicted octanol–water partition coefficient (Wildman–Crippen LogP) is 1.27. The summed E-state index contributed by atoms with van der Waals surface area (Å²) in [7, 11) is 3.48. The Morgan fingerprint density at radius 2 is 2.10 bits per heavy atom. The molecule has 0 aliphatic carbocycles. The molecule has 0 unspecified atom stereocenters. The van der Waals surface area contributed by atoms with Crippen LogP contribution in [0.15, 0.2) is 12.4 Å². The van der Waals surface area contributed by atoms with Gasteiger partial charge in [0.25, 0.3) is 0 Å². The molecule has 0 bridgehead atoms. The Morgan fingerprint density at radius 1 is 1.38 bits per heavy atom. The molecule has 1 fully saturated rings. The van der Waals surface area contributed by atoms with Crippen molar-refractivity contribution in [3.8, 4) is 0 Å². The third-order valence-electron chi connectivity index (χ3n) is 4.14. The topological polar surface area (TPSA) is 50.6 Å². The van der Waals surface area contributed by atoms with Crippen molar-refractivity contribution >= 4 is 11.9 Å². The second-order valence-corrected chi connectivity index (χ2v) is 5.54. The van der Waals surface area contributed by atoms with Gasteiger partial charge in [-0.15, -0.1) is 0 Å². The minimum Gasteiger partial charge on any atom is -0.468 e. The van der Waals surface area contributed by atoms with E-state index in [4.69, 9.17) is 4.74 Å². The maximum Gasteiger partial charge on any atom is 0.323 e. The van der Waals surface area contributed by atoms with Crippen LogP contribution in [0.5, 0.6) is 0 Å². The zero-order valence-electron chi connectivity index (χ0n) is 13.3. The average Bonchev–Trinajstić information content (AvgIpc) is 2.94. The third kappa shape index (κ3) is 3.75. The Hall–Kier alpha value is -1.56. The number of nitrogens with zero attached hydrogens (tertiary/aromatic N) is 4. The van der Waals surface area contributed by atoms with Crippen LogP contribution in [0.25, 0.3) is 0 Å². The quantitative estimate of drug-likeness (QED) is 0.740. The van der Waals surface area contributed by atoms with Gasteiger partial charge in [0.05, 0.1) is 7.11 Å². The molecular formula is C15H26N4O2. The zero-order valence-corrected chi connectivity index (χ0v) is 13.3. The van der Waals surface area contributed by atoms with E-state index in [9.17, 15) is 4.79 Å². The van der Waals surface area contributed by atoms with E-state index < -0.39 is 0 Å². The van der Waals surface area contributed by atoms with E-state index >= 15 is 0 Å². The minimum absolute atomic E-state index is 0.0986. The second kappa shape index (κ2) is 7.45. The summed E-state index contributed by atoms with van der Waals surface area (Å²) in [5.74, 6) is 0.895. The number of hydrogen-bond donors (Lipinski definition) is 0. The van der Waals surface area contributed by atoms with Gasteiger partial charge in [-0.3, -0.25) is 9.69 Å². The van der Waals surface area contributed by atoms with Crippen molar-refractivity contribution in [1.82, 2.24) is 14.5 Å². The van der Waals surface area contributed by atoms with Crippen LogP contribution in [0.1, 0.15) is 26.2 Å². The molecule has 1 aliphatic rings. The van der Waals surface area contributed by atoms with Crippen LogP contribution < -0.4 is 4.90 Å². The van der Waals surface area contributed by atoms with E-state index in [1.807, 2.05) is 24.0 Å². The lowest BCUT2D eigenvalue weighted by molar-refractivity contribution is -0.147. The van der Waals surface area contributed by atoms with Crippen molar-refractivity contribution in [2.24, 2.45) is 7.05 Å². The maximum atomic E-state index is 12.0. The van der Waals surface area contributed by atoms with Crippen LogP contribution in [0.2, 0.25) is 0 Å². The fraction of sp³-hybridized carbons (Fsp3) is 0.733. The van der Waals surface area contributed by atoms with Crippen LogP contribution in [0.4, 0.5) is 5.95 Å². The first kappa shape index (κ1) is 15.8. The van der Waals surface area contributed by atoms with E-state index in [0.717, 1.165) is 51.4 Å². The molecule has 6 nitrogen and oxygen atoms in total. The van der Waals surface area contributed by atoms with E-state index in [2.05, 4.69) is 21.7 Å². The molecule has 6 heteroatoms. The summed E-state index contributed by atoms with van der Waals surface area (Å²) in [4.78, 5) is 20.9. The lowest BCUT2D eigenvalue weighted by Crippen LogP contribution is -2.53. The molecule has 2 rings (SSSR count). The van der Waals surface area contributed by atoms with Crippen LogP contribution in [0.3, 0.4) is 0 Å². The molecule has 0 saturated carbocycles. The van der Waals surface area contributed by atoms with Gasteiger partial charge in [-0.05, 0) is 6.42 Å². The summed E-state index contributed by atoms with van der Waals surface area (Å²) in [6, 6.07) is -0.0986. The number of esters is 1. The Kier molecular flexibility index (Phi) is 5.61. The number of anilines is 1. The van der Waals surface area contributed by atoms with Crippen molar-refractivity contribution in [1.29, 1.82) is 0 Å². The van der Waals surface area contributed by atoms with Gasteiger partial charge in [0.1, 0.15) is 6.04 Å². The van der Waals surface area contributed by atoms with Gasteiger partial charge in [-0.1, -0.05) is 19.8 Å². The molecule has 1 aromatic heterocycles. The molecule has 2 heterocycles. The van der Waals surface area contributed by atoms with Gasteiger partial charge in [-0.2, -0.15) is 0 Å². The number of piperazine rings is 1. The van der Waals surface area contributed by atoms with Crippen molar-refractivity contribution < 1.29 is 9.53 Å². The first-order valence-electron chi connectivity index (χ1n) is 7.71. The fourth-order valence-electron chi connectivity index (χ4n) is 2.88. The lowest BCUT2D eigenvalue weighted by Gasteiger charge is -2.38. The van der Waals surface area contributed by atoms with Crippen molar-refractivity contribution in [3.05, 3.63) is 12.4 Å². The average molecular weight is 294 g/mol. The molecule has 1 saturated heterocycles. The number of unbranched alkanes of at least 4 members (excludes halogenated alkanes) is 1. The highest BCUT2D eigenvalue weighted by Gasteiger charge is 2.29. The molecule has 1 atom stereocenters. The summed E-state index contributed by atoms with van der Waals surface area (Å²) in [5.41, 5.74) is 0. The first-order chi connectivity index (χ1) is 10.2. The molecule has 0 radical (unpaired) electrons. The number of aryl methyl sites for hydroxylation is 1. The largest absolute Gasteiger partial charge is 0.468 e. The number of rotatable bonds is 6. The molecular weight excluding hydrogens is 268 g/mol. The van der Waals surface area contributed by atoms with Gasteiger partial charge in [0, 0.05) is 45.6 Å². The zero-order chi connectivity index (χ0) is 15.2. The summed E-state index contributed by atoms with van der Waals surface area (Å²) >= 11 is 0. The SMILES string of the molecule is CCCC[C@H](C(=O)OC)N1CCN(c2nccn2C)CC1. The van der Waals surface area contributed by atoms with Gasteiger partial charge in [0.15, 0.2) is 0 Å². The number of aromatic nitrogens is 2. The highest BCUT2D eigenvalue weighted by atomic mass is 16.5. The van der Waals surface area contributed by atoms with Crippen molar-refractivity contribution in [3.63, 3.8) is 0 Å². The summed E-state index contributed by atoms with van der Waals surface area (Å²) in [6.07, 6.45) is 6.81. The standard InChI is InChI=1S/C15H26N4O2/c1-4-5-6-13(14(20)21-3)18-9-11-19(12-10-18)15-16-7-8-17(15)2/h7-8,13H,4-6,9-12H2,1-3H3/t13-/m1/s1. The van der Waals surface area contributed by atoms with Crippen LogP contribution in [-0.4, -0.2) is 59.8 Å². The smallest absolute Gasteiger partial charge is 0.323 e. The summed E-state index contributed by atoms with van der Waals surface area (Å²) in [5, 5.41) is 0. The molecule has 0 aromatic carbocycles. The molecule has 1 aliphatic heterocycles. The molecule has 0 N–H and O–H groups in total. The summed E-state index contributed by atoms with van der Waals surface area (Å²) < 4.78 is 7.00. The van der Waals surface area contributed by atoms with Gasteiger partial charge >= 0.3 is 5.97 Å². The van der Waals surface area contributed by atoms with E-state index in [1.165, 1.54) is 7.11 Å². The number of methoxy groups -OCH3 is 1. The van der Waals surface area contributed by atoms with Crippen LogP contribution in [0, 0.1) is 0 Å². The Labute approximate surface area is 126 Å². The third-order valence-corrected chi connectivity index (χ3v) is 4.14. The highest BCUT2D eigenvalue weighted by Crippen LogP contribution is 2.17.